The molecule has 2 aliphatic rings. The lowest BCUT2D eigenvalue weighted by molar-refractivity contribution is 0.0723. The van der Waals surface area contributed by atoms with Gasteiger partial charge in [-0.1, -0.05) is 6.07 Å². The van der Waals surface area contributed by atoms with Gasteiger partial charge in [0.25, 0.3) is 5.91 Å². The largest absolute Gasteiger partial charge is 0.357 e. The number of likely N-dealkylation sites (tertiary alicyclic amines) is 1. The number of carbonyl (C=O) groups excluding carboxylic acids is 1. The number of amides is 1. The Labute approximate surface area is 197 Å². The van der Waals surface area contributed by atoms with Crippen molar-refractivity contribution >= 4 is 27.7 Å². The summed E-state index contributed by atoms with van der Waals surface area (Å²) < 4.78 is 0.811. The van der Waals surface area contributed by atoms with Crippen LogP contribution in [0.2, 0.25) is 0 Å². The smallest absolute Gasteiger partial charge is 0.254 e. The molecule has 2 fully saturated rings. The van der Waals surface area contributed by atoms with Crippen LogP contribution in [0.3, 0.4) is 0 Å². The van der Waals surface area contributed by atoms with E-state index in [-0.39, 0.29) is 5.91 Å². The summed E-state index contributed by atoms with van der Waals surface area (Å²) in [6.45, 7) is 3.83. The van der Waals surface area contributed by atoms with Gasteiger partial charge >= 0.3 is 0 Å². The topological polar surface area (TPSA) is 65.1 Å². The highest BCUT2D eigenvalue weighted by molar-refractivity contribution is 9.10. The number of hydrogen-bond acceptors (Lipinski definition) is 4. The zero-order valence-electron chi connectivity index (χ0n) is 18.2. The standard InChI is InChI=1S/C25H28BrN5O/c26-21-15-18(7-8-20(21)25(32)31-13-5-2-6-14-31)22-17-28-24(29-22)19-9-10-27-23(16-19)30-11-3-1-4-12-30/h7-10,15-17H,1-6,11-14H2,(H,28,29). The fourth-order valence-corrected chi connectivity index (χ4v) is 5.14. The van der Waals surface area contributed by atoms with Gasteiger partial charge in [-0.3, -0.25) is 4.79 Å². The molecular weight excluding hydrogens is 466 g/mol. The Bertz CT molecular complexity index is 1100. The van der Waals surface area contributed by atoms with E-state index in [9.17, 15) is 4.79 Å². The maximum Gasteiger partial charge on any atom is 0.254 e. The number of aromatic nitrogens is 3. The number of nitrogens with zero attached hydrogens (tertiary/aromatic N) is 4. The van der Waals surface area contributed by atoms with Crippen molar-refractivity contribution in [2.45, 2.75) is 38.5 Å². The van der Waals surface area contributed by atoms with E-state index < -0.39 is 0 Å². The van der Waals surface area contributed by atoms with Gasteiger partial charge in [0.1, 0.15) is 11.6 Å². The molecular formula is C25H28BrN5O. The molecule has 0 aliphatic carbocycles. The average molecular weight is 494 g/mol. The highest BCUT2D eigenvalue weighted by atomic mass is 79.9. The van der Waals surface area contributed by atoms with Crippen molar-refractivity contribution < 1.29 is 4.79 Å². The first-order valence-electron chi connectivity index (χ1n) is 11.5. The van der Waals surface area contributed by atoms with Crippen molar-refractivity contribution in [2.75, 3.05) is 31.1 Å². The molecule has 7 heteroatoms. The number of imidazole rings is 1. The van der Waals surface area contributed by atoms with Crippen LogP contribution in [0.15, 0.2) is 47.2 Å². The summed E-state index contributed by atoms with van der Waals surface area (Å²) in [4.78, 5) is 29.9. The van der Waals surface area contributed by atoms with Gasteiger partial charge in [-0.15, -0.1) is 0 Å². The molecule has 0 atom stereocenters. The van der Waals surface area contributed by atoms with E-state index in [1.165, 1.54) is 25.7 Å². The minimum atomic E-state index is 0.105. The number of H-pyrrole nitrogens is 1. The first-order valence-corrected chi connectivity index (χ1v) is 12.3. The van der Waals surface area contributed by atoms with Gasteiger partial charge in [0.2, 0.25) is 0 Å². The van der Waals surface area contributed by atoms with Gasteiger partial charge < -0.3 is 14.8 Å². The second kappa shape index (κ2) is 9.45. The molecule has 1 amide bonds. The summed E-state index contributed by atoms with van der Waals surface area (Å²) in [7, 11) is 0. The van der Waals surface area contributed by atoms with Gasteiger partial charge in [-0.25, -0.2) is 9.97 Å². The quantitative estimate of drug-likeness (QED) is 0.519. The Hall–Kier alpha value is -2.67. The number of anilines is 1. The number of piperidine rings is 2. The van der Waals surface area contributed by atoms with E-state index in [1.807, 2.05) is 41.6 Å². The zero-order chi connectivity index (χ0) is 21.9. The molecule has 0 bridgehead atoms. The summed E-state index contributed by atoms with van der Waals surface area (Å²) in [5.41, 5.74) is 3.57. The number of rotatable bonds is 4. The summed E-state index contributed by atoms with van der Waals surface area (Å²) in [6, 6.07) is 9.98. The molecule has 0 unspecified atom stereocenters. The molecule has 6 nitrogen and oxygen atoms in total. The van der Waals surface area contributed by atoms with Gasteiger partial charge in [-0.05, 0) is 78.7 Å². The number of aromatic amines is 1. The molecule has 4 heterocycles. The van der Waals surface area contributed by atoms with Crippen LogP contribution in [0.1, 0.15) is 48.9 Å². The fourth-order valence-electron chi connectivity index (χ4n) is 4.59. The van der Waals surface area contributed by atoms with E-state index in [4.69, 9.17) is 4.98 Å². The zero-order valence-corrected chi connectivity index (χ0v) is 19.8. The third-order valence-corrected chi connectivity index (χ3v) is 7.07. The lowest BCUT2D eigenvalue weighted by Gasteiger charge is -2.27. The second-order valence-electron chi connectivity index (χ2n) is 8.63. The van der Waals surface area contributed by atoms with Crippen molar-refractivity contribution in [2.24, 2.45) is 0 Å². The minimum absolute atomic E-state index is 0.105. The maximum atomic E-state index is 12.9. The molecule has 1 aromatic carbocycles. The van der Waals surface area contributed by atoms with Gasteiger partial charge in [-0.2, -0.15) is 0 Å². The highest BCUT2D eigenvalue weighted by Crippen LogP contribution is 2.29. The van der Waals surface area contributed by atoms with E-state index in [0.29, 0.717) is 5.56 Å². The normalized spacial score (nSPS) is 16.9. The summed E-state index contributed by atoms with van der Waals surface area (Å²) in [5, 5.41) is 0. The Kier molecular flexibility index (Phi) is 6.26. The number of pyridine rings is 1. The van der Waals surface area contributed by atoms with Crippen molar-refractivity contribution in [1.82, 2.24) is 19.9 Å². The van der Waals surface area contributed by atoms with Gasteiger partial charge in [0.15, 0.2) is 0 Å². The van der Waals surface area contributed by atoms with Crippen LogP contribution >= 0.6 is 15.9 Å². The van der Waals surface area contributed by atoms with Crippen molar-refractivity contribution in [3.63, 3.8) is 0 Å². The van der Waals surface area contributed by atoms with Gasteiger partial charge in [0.05, 0.1) is 11.3 Å². The van der Waals surface area contributed by atoms with E-state index in [0.717, 1.165) is 72.0 Å². The van der Waals surface area contributed by atoms with Crippen LogP contribution in [-0.2, 0) is 0 Å². The van der Waals surface area contributed by atoms with Crippen molar-refractivity contribution in [3.8, 4) is 22.6 Å². The lowest BCUT2D eigenvalue weighted by Crippen LogP contribution is -2.35. The van der Waals surface area contributed by atoms with Crippen LogP contribution in [0.4, 0.5) is 5.82 Å². The molecule has 2 saturated heterocycles. The summed E-state index contributed by atoms with van der Waals surface area (Å²) >= 11 is 3.62. The molecule has 0 saturated carbocycles. The molecule has 3 aromatic rings. The van der Waals surface area contributed by atoms with E-state index >= 15 is 0 Å². The summed E-state index contributed by atoms with van der Waals surface area (Å²) in [5.74, 6) is 1.95. The fraction of sp³-hybridized carbons (Fsp3) is 0.400. The first-order chi connectivity index (χ1) is 15.7. The second-order valence-corrected chi connectivity index (χ2v) is 9.49. The predicted molar refractivity (Wildman–Crippen MR) is 131 cm³/mol. The maximum absolute atomic E-state index is 12.9. The number of nitrogens with one attached hydrogen (secondary N) is 1. The van der Waals surface area contributed by atoms with Crippen LogP contribution in [0, 0.1) is 0 Å². The Morgan fingerprint density at radius 2 is 1.66 bits per heavy atom. The monoisotopic (exact) mass is 493 g/mol. The third kappa shape index (κ3) is 4.44. The Morgan fingerprint density at radius 3 is 2.41 bits per heavy atom. The van der Waals surface area contributed by atoms with Crippen LogP contribution in [0.5, 0.6) is 0 Å². The molecule has 2 aliphatic heterocycles. The minimum Gasteiger partial charge on any atom is -0.357 e. The molecule has 5 rings (SSSR count). The van der Waals surface area contributed by atoms with E-state index in [1.54, 1.807) is 0 Å². The van der Waals surface area contributed by atoms with Crippen LogP contribution in [0.25, 0.3) is 22.6 Å². The van der Waals surface area contributed by atoms with E-state index in [2.05, 4.69) is 36.9 Å². The molecule has 166 valence electrons. The van der Waals surface area contributed by atoms with Crippen molar-refractivity contribution in [3.05, 3.63) is 52.8 Å². The van der Waals surface area contributed by atoms with Crippen LogP contribution in [-0.4, -0.2) is 51.9 Å². The molecule has 0 radical (unpaired) electrons. The number of hydrogen-bond donors (Lipinski definition) is 1. The number of carbonyl (C=O) groups is 1. The first kappa shape index (κ1) is 21.2. The third-order valence-electron chi connectivity index (χ3n) is 6.42. The number of benzene rings is 1. The lowest BCUT2D eigenvalue weighted by atomic mass is 10.1. The highest BCUT2D eigenvalue weighted by Gasteiger charge is 2.21. The SMILES string of the molecule is O=C(c1ccc(-c2c[nH]c(-c3ccnc(N4CCCCC4)c3)n2)cc1Br)N1CCCCC1. The van der Waals surface area contributed by atoms with Crippen molar-refractivity contribution in [1.29, 1.82) is 0 Å². The summed E-state index contributed by atoms with van der Waals surface area (Å²) in [6.07, 6.45) is 10.9. The number of halogens is 1. The van der Waals surface area contributed by atoms with Crippen LogP contribution < -0.4 is 4.90 Å². The molecule has 0 spiro atoms. The Morgan fingerprint density at radius 1 is 0.906 bits per heavy atom. The molecule has 1 N–H and O–H groups in total. The van der Waals surface area contributed by atoms with Gasteiger partial charge in [0, 0.05) is 54.2 Å². The Balaban J connectivity index is 1.35. The predicted octanol–water partition coefficient (Wildman–Crippen LogP) is 5.52. The molecule has 32 heavy (non-hydrogen) atoms. The molecule has 2 aromatic heterocycles. The average Bonchev–Trinajstić information content (AvgIpc) is 3.35.